The van der Waals surface area contributed by atoms with E-state index < -0.39 is 25.7 Å². The van der Waals surface area contributed by atoms with Crippen molar-refractivity contribution in [2.75, 3.05) is 19.3 Å². The van der Waals surface area contributed by atoms with Crippen molar-refractivity contribution in [1.82, 2.24) is 9.62 Å². The fourth-order valence-corrected chi connectivity index (χ4v) is 5.87. The summed E-state index contributed by atoms with van der Waals surface area (Å²) in [4.78, 5) is 13.1. The van der Waals surface area contributed by atoms with Gasteiger partial charge in [0.15, 0.2) is 9.84 Å². The van der Waals surface area contributed by atoms with Crippen LogP contribution in [-0.2, 0) is 24.7 Å². The summed E-state index contributed by atoms with van der Waals surface area (Å²) in [5, 5.41) is 3.00. The molecule has 7 nitrogen and oxygen atoms in total. The second-order valence-electron chi connectivity index (χ2n) is 7.94. The minimum atomic E-state index is -3.73. The van der Waals surface area contributed by atoms with Crippen LogP contribution in [0.25, 0.3) is 0 Å². The molecule has 0 radical (unpaired) electrons. The third-order valence-corrected chi connectivity index (χ3v) is 8.75. The molecule has 1 heterocycles. The molecule has 1 fully saturated rings. The van der Waals surface area contributed by atoms with Crippen LogP contribution in [0.15, 0.2) is 58.3 Å². The van der Waals surface area contributed by atoms with Crippen LogP contribution < -0.4 is 5.32 Å². The van der Waals surface area contributed by atoms with Crippen molar-refractivity contribution in [1.29, 1.82) is 0 Å². The van der Waals surface area contributed by atoms with Crippen LogP contribution in [0.3, 0.4) is 0 Å². The predicted octanol–water partition coefficient (Wildman–Crippen LogP) is 2.90. The van der Waals surface area contributed by atoms with Gasteiger partial charge in [-0.1, -0.05) is 19.1 Å². The average molecular weight is 483 g/mol. The van der Waals surface area contributed by atoms with Gasteiger partial charge in [0.1, 0.15) is 5.82 Å². The van der Waals surface area contributed by atoms with Crippen LogP contribution >= 0.6 is 0 Å². The zero-order chi connectivity index (χ0) is 23.5. The summed E-state index contributed by atoms with van der Waals surface area (Å²) >= 11 is 0. The zero-order valence-electron chi connectivity index (χ0n) is 18.0. The molecule has 1 aliphatic heterocycles. The van der Waals surface area contributed by atoms with Crippen LogP contribution in [0.1, 0.15) is 37.8 Å². The smallest absolute Gasteiger partial charge is 0.243 e. The first-order chi connectivity index (χ1) is 15.0. The number of rotatable bonds is 7. The second kappa shape index (κ2) is 9.68. The van der Waals surface area contributed by atoms with Crippen molar-refractivity contribution in [2.45, 2.75) is 42.0 Å². The maximum atomic E-state index is 13.1. The van der Waals surface area contributed by atoms with Gasteiger partial charge in [0.05, 0.1) is 15.8 Å². The highest BCUT2D eigenvalue weighted by Crippen LogP contribution is 2.26. The number of sulfonamides is 1. The summed E-state index contributed by atoms with van der Waals surface area (Å²) in [6.07, 6.45) is 2.54. The van der Waals surface area contributed by atoms with Gasteiger partial charge in [-0.25, -0.2) is 21.2 Å². The number of benzene rings is 2. The third kappa shape index (κ3) is 5.54. The van der Waals surface area contributed by atoms with Gasteiger partial charge in [-0.15, -0.1) is 0 Å². The van der Waals surface area contributed by atoms with E-state index in [2.05, 4.69) is 5.32 Å². The van der Waals surface area contributed by atoms with Crippen molar-refractivity contribution in [3.8, 4) is 0 Å². The number of carbonyl (C=O) groups excluding carboxylic acids is 1. The number of nitrogens with zero attached hydrogens (tertiary/aromatic N) is 1. The van der Waals surface area contributed by atoms with E-state index in [0.717, 1.165) is 24.0 Å². The Balaban J connectivity index is 1.61. The Morgan fingerprint density at radius 2 is 1.53 bits per heavy atom. The number of hydrogen-bond donors (Lipinski definition) is 1. The van der Waals surface area contributed by atoms with Gasteiger partial charge in [0.25, 0.3) is 0 Å². The highest BCUT2D eigenvalue weighted by Gasteiger charge is 2.32. The van der Waals surface area contributed by atoms with E-state index in [9.17, 15) is 26.0 Å². The standard InChI is InChI=1S/C22H27FN2O5S2/c1-3-21(16-4-8-19(9-5-16)31(2,27)28)24-22(26)17-12-14-25(15-13-17)32(29,30)20-10-6-18(23)7-11-20/h4-11,17,21H,3,12-15H2,1-2H3,(H,24,26)/t21-/m0/s1. The SMILES string of the molecule is CC[C@H](NC(=O)C1CCN(S(=O)(=O)c2ccc(F)cc2)CC1)c1ccc(S(C)(=O)=O)cc1. The zero-order valence-corrected chi connectivity index (χ0v) is 19.6. The first kappa shape index (κ1) is 24.3. The van der Waals surface area contributed by atoms with E-state index in [-0.39, 0.29) is 40.7 Å². The fraction of sp³-hybridized carbons (Fsp3) is 0.409. The normalized spacial score (nSPS) is 17.1. The molecule has 0 unspecified atom stereocenters. The van der Waals surface area contributed by atoms with E-state index in [0.29, 0.717) is 19.3 Å². The van der Waals surface area contributed by atoms with E-state index in [1.807, 2.05) is 6.92 Å². The molecule has 1 saturated heterocycles. The number of nitrogens with one attached hydrogen (secondary N) is 1. The van der Waals surface area contributed by atoms with Crippen molar-refractivity contribution in [3.05, 3.63) is 59.9 Å². The molecule has 2 aromatic rings. The van der Waals surface area contributed by atoms with Crippen molar-refractivity contribution < 1.29 is 26.0 Å². The molecule has 0 bridgehead atoms. The summed E-state index contributed by atoms with van der Waals surface area (Å²) in [5.41, 5.74) is 0.810. The maximum absolute atomic E-state index is 13.1. The molecule has 10 heteroatoms. The van der Waals surface area contributed by atoms with E-state index in [1.54, 1.807) is 12.1 Å². The van der Waals surface area contributed by atoms with Gasteiger partial charge in [0, 0.05) is 25.3 Å². The Labute approximate surface area is 188 Å². The molecule has 1 aliphatic rings. The monoisotopic (exact) mass is 482 g/mol. The molecule has 1 N–H and O–H groups in total. The van der Waals surface area contributed by atoms with E-state index in [4.69, 9.17) is 0 Å². The first-order valence-corrected chi connectivity index (χ1v) is 13.7. The Morgan fingerprint density at radius 1 is 1.00 bits per heavy atom. The summed E-state index contributed by atoms with van der Waals surface area (Å²) < 4.78 is 63.2. The molecule has 0 spiro atoms. The maximum Gasteiger partial charge on any atom is 0.243 e. The Bertz CT molecular complexity index is 1160. The molecule has 0 aromatic heterocycles. The van der Waals surface area contributed by atoms with Crippen LogP contribution in [0.4, 0.5) is 4.39 Å². The quantitative estimate of drug-likeness (QED) is 0.654. The molecule has 1 amide bonds. The van der Waals surface area contributed by atoms with Crippen LogP contribution in [0, 0.1) is 11.7 Å². The first-order valence-electron chi connectivity index (χ1n) is 10.4. The predicted molar refractivity (Wildman–Crippen MR) is 119 cm³/mol. The van der Waals surface area contributed by atoms with E-state index >= 15 is 0 Å². The van der Waals surface area contributed by atoms with Gasteiger partial charge in [-0.3, -0.25) is 4.79 Å². The molecule has 2 aromatic carbocycles. The van der Waals surface area contributed by atoms with Gasteiger partial charge in [-0.2, -0.15) is 4.31 Å². The van der Waals surface area contributed by atoms with Crippen molar-refractivity contribution >= 4 is 25.8 Å². The highest BCUT2D eigenvalue weighted by atomic mass is 32.2. The molecule has 3 rings (SSSR count). The lowest BCUT2D eigenvalue weighted by atomic mass is 9.96. The average Bonchev–Trinajstić information content (AvgIpc) is 2.77. The van der Waals surface area contributed by atoms with Crippen LogP contribution in [-0.4, -0.2) is 46.4 Å². The van der Waals surface area contributed by atoms with Gasteiger partial charge in [0.2, 0.25) is 15.9 Å². The second-order valence-corrected chi connectivity index (χ2v) is 11.9. The lowest BCUT2D eigenvalue weighted by molar-refractivity contribution is -0.126. The number of piperidine rings is 1. The summed E-state index contributed by atoms with van der Waals surface area (Å²) in [6, 6.07) is 10.9. The van der Waals surface area contributed by atoms with Gasteiger partial charge >= 0.3 is 0 Å². The van der Waals surface area contributed by atoms with Gasteiger partial charge in [-0.05, 0) is 61.2 Å². The van der Waals surface area contributed by atoms with Gasteiger partial charge < -0.3 is 5.32 Å². The summed E-state index contributed by atoms with van der Waals surface area (Å²) in [6.45, 7) is 2.34. The molecular formula is C22H27FN2O5S2. The Kier molecular flexibility index (Phi) is 7.36. The Hall–Kier alpha value is -2.30. The molecule has 174 valence electrons. The van der Waals surface area contributed by atoms with Crippen LogP contribution in [0.2, 0.25) is 0 Å². The number of halogens is 1. The lowest BCUT2D eigenvalue weighted by Crippen LogP contribution is -2.43. The minimum Gasteiger partial charge on any atom is -0.349 e. The number of hydrogen-bond acceptors (Lipinski definition) is 5. The molecule has 0 aliphatic carbocycles. The van der Waals surface area contributed by atoms with Crippen LogP contribution in [0.5, 0.6) is 0 Å². The fourth-order valence-electron chi connectivity index (χ4n) is 3.77. The van der Waals surface area contributed by atoms with Crippen molar-refractivity contribution in [3.63, 3.8) is 0 Å². The molecule has 32 heavy (non-hydrogen) atoms. The number of carbonyl (C=O) groups is 1. The van der Waals surface area contributed by atoms with Crippen molar-refractivity contribution in [2.24, 2.45) is 5.92 Å². The topological polar surface area (TPSA) is 101 Å². The number of sulfone groups is 1. The molecule has 0 saturated carbocycles. The number of amides is 1. The Morgan fingerprint density at radius 3 is 2.03 bits per heavy atom. The summed E-state index contributed by atoms with van der Waals surface area (Å²) in [5.74, 6) is -0.974. The minimum absolute atomic E-state index is 0.0328. The summed E-state index contributed by atoms with van der Waals surface area (Å²) in [7, 11) is -7.02. The highest BCUT2D eigenvalue weighted by molar-refractivity contribution is 7.90. The molecule has 1 atom stereocenters. The lowest BCUT2D eigenvalue weighted by Gasteiger charge is -2.31. The molecular weight excluding hydrogens is 455 g/mol. The largest absolute Gasteiger partial charge is 0.349 e. The third-order valence-electron chi connectivity index (χ3n) is 5.71. The van der Waals surface area contributed by atoms with E-state index in [1.165, 1.54) is 28.6 Å².